The molecule has 1 unspecified atom stereocenters. The quantitative estimate of drug-likeness (QED) is 0.867. The minimum atomic E-state index is 0.498. The number of piperidine rings is 1. The van der Waals surface area contributed by atoms with Crippen LogP contribution >= 0.6 is 0 Å². The Kier molecular flexibility index (Phi) is 3.94. The number of nitrogens with two attached hydrogens (primary N) is 1. The topological polar surface area (TPSA) is 55.0 Å². The first kappa shape index (κ1) is 12.3. The van der Waals surface area contributed by atoms with Crippen LogP contribution in [0.25, 0.3) is 0 Å². The summed E-state index contributed by atoms with van der Waals surface area (Å²) in [5.41, 5.74) is 6.60. The molecule has 1 saturated heterocycles. The second kappa shape index (κ2) is 5.45. The largest absolute Gasteiger partial charge is 0.382 e. The van der Waals surface area contributed by atoms with Gasteiger partial charge in [-0.3, -0.25) is 4.90 Å². The molecule has 2 heterocycles. The van der Waals surface area contributed by atoms with E-state index in [1.807, 2.05) is 12.1 Å². The lowest BCUT2D eigenvalue weighted by Crippen LogP contribution is -2.45. The highest BCUT2D eigenvalue weighted by Crippen LogP contribution is 2.22. The van der Waals surface area contributed by atoms with Crippen LogP contribution in [0.4, 0.5) is 5.82 Å². The standard InChI is InChI=1S/C13H22N4/c1-10(2)17-8-4-3-5-12(17)9-11-6-7-13(14)16-15-11/h6-7,10,12H,3-5,8-9H2,1-2H3,(H2,14,16). The Bertz CT molecular complexity index is 347. The van der Waals surface area contributed by atoms with E-state index in [2.05, 4.69) is 28.9 Å². The number of likely N-dealkylation sites (tertiary alicyclic amines) is 1. The average molecular weight is 234 g/mol. The van der Waals surface area contributed by atoms with Gasteiger partial charge in [-0.2, -0.15) is 5.10 Å². The van der Waals surface area contributed by atoms with Crippen molar-refractivity contribution in [3.63, 3.8) is 0 Å². The van der Waals surface area contributed by atoms with Gasteiger partial charge in [-0.15, -0.1) is 5.10 Å². The minimum absolute atomic E-state index is 0.498. The van der Waals surface area contributed by atoms with Crippen molar-refractivity contribution >= 4 is 5.82 Å². The van der Waals surface area contributed by atoms with E-state index in [0.717, 1.165) is 12.1 Å². The monoisotopic (exact) mass is 234 g/mol. The molecule has 17 heavy (non-hydrogen) atoms. The van der Waals surface area contributed by atoms with Crippen molar-refractivity contribution in [2.75, 3.05) is 12.3 Å². The van der Waals surface area contributed by atoms with Crippen LogP contribution in [0.3, 0.4) is 0 Å². The number of hydrogen-bond donors (Lipinski definition) is 1. The van der Waals surface area contributed by atoms with E-state index < -0.39 is 0 Å². The Morgan fingerprint density at radius 3 is 2.82 bits per heavy atom. The highest BCUT2D eigenvalue weighted by Gasteiger charge is 2.24. The molecule has 0 spiro atoms. The summed E-state index contributed by atoms with van der Waals surface area (Å²) in [6.45, 7) is 5.75. The van der Waals surface area contributed by atoms with E-state index in [0.29, 0.717) is 17.9 Å². The predicted octanol–water partition coefficient (Wildman–Crippen LogP) is 1.86. The van der Waals surface area contributed by atoms with Gasteiger partial charge in [0.15, 0.2) is 0 Å². The molecule has 0 amide bonds. The van der Waals surface area contributed by atoms with Crippen LogP contribution in [-0.4, -0.2) is 33.7 Å². The lowest BCUT2D eigenvalue weighted by molar-refractivity contribution is 0.111. The summed E-state index contributed by atoms with van der Waals surface area (Å²) in [7, 11) is 0. The molecule has 2 N–H and O–H groups in total. The van der Waals surface area contributed by atoms with Crippen LogP contribution < -0.4 is 5.73 Å². The lowest BCUT2D eigenvalue weighted by atomic mass is 9.96. The van der Waals surface area contributed by atoms with Gasteiger partial charge in [-0.1, -0.05) is 6.42 Å². The predicted molar refractivity (Wildman–Crippen MR) is 69.6 cm³/mol. The van der Waals surface area contributed by atoms with E-state index in [-0.39, 0.29) is 0 Å². The van der Waals surface area contributed by atoms with Gasteiger partial charge in [0.2, 0.25) is 0 Å². The first-order valence-corrected chi connectivity index (χ1v) is 6.50. The molecular formula is C13H22N4. The van der Waals surface area contributed by atoms with Crippen molar-refractivity contribution in [1.29, 1.82) is 0 Å². The summed E-state index contributed by atoms with van der Waals surface area (Å²) in [5.74, 6) is 0.498. The fourth-order valence-corrected chi connectivity index (χ4v) is 2.64. The Morgan fingerprint density at radius 2 is 2.18 bits per heavy atom. The number of nitrogens with zero attached hydrogens (tertiary/aromatic N) is 3. The molecule has 0 bridgehead atoms. The summed E-state index contributed by atoms with van der Waals surface area (Å²) in [6.07, 6.45) is 4.91. The summed E-state index contributed by atoms with van der Waals surface area (Å²) in [4.78, 5) is 2.58. The number of hydrogen-bond acceptors (Lipinski definition) is 4. The lowest BCUT2D eigenvalue weighted by Gasteiger charge is -2.38. The summed E-state index contributed by atoms with van der Waals surface area (Å²) < 4.78 is 0. The molecule has 94 valence electrons. The van der Waals surface area contributed by atoms with Crippen molar-refractivity contribution in [2.45, 2.75) is 51.6 Å². The van der Waals surface area contributed by atoms with Crippen molar-refractivity contribution in [1.82, 2.24) is 15.1 Å². The smallest absolute Gasteiger partial charge is 0.146 e. The molecule has 0 aliphatic carbocycles. The van der Waals surface area contributed by atoms with E-state index in [4.69, 9.17) is 5.73 Å². The molecule has 1 aliphatic rings. The van der Waals surface area contributed by atoms with Crippen LogP contribution in [0.15, 0.2) is 12.1 Å². The van der Waals surface area contributed by atoms with E-state index in [1.54, 1.807) is 0 Å². The first-order valence-electron chi connectivity index (χ1n) is 6.50. The van der Waals surface area contributed by atoms with Crippen LogP contribution in [-0.2, 0) is 6.42 Å². The van der Waals surface area contributed by atoms with Crippen molar-refractivity contribution < 1.29 is 0 Å². The van der Waals surface area contributed by atoms with Gasteiger partial charge < -0.3 is 5.73 Å². The fraction of sp³-hybridized carbons (Fsp3) is 0.692. The molecule has 2 rings (SSSR count). The SMILES string of the molecule is CC(C)N1CCCCC1Cc1ccc(N)nn1. The van der Waals surface area contributed by atoms with Gasteiger partial charge in [-0.25, -0.2) is 0 Å². The molecular weight excluding hydrogens is 212 g/mol. The molecule has 4 nitrogen and oxygen atoms in total. The third kappa shape index (κ3) is 3.16. The maximum atomic E-state index is 5.55. The Hall–Kier alpha value is -1.16. The minimum Gasteiger partial charge on any atom is -0.382 e. The van der Waals surface area contributed by atoms with Gasteiger partial charge in [0, 0.05) is 18.5 Å². The second-order valence-electron chi connectivity index (χ2n) is 5.13. The normalized spacial score (nSPS) is 21.9. The maximum Gasteiger partial charge on any atom is 0.146 e. The fourth-order valence-electron chi connectivity index (χ4n) is 2.64. The van der Waals surface area contributed by atoms with Crippen LogP contribution in [0.5, 0.6) is 0 Å². The van der Waals surface area contributed by atoms with E-state index in [9.17, 15) is 0 Å². The zero-order chi connectivity index (χ0) is 12.3. The molecule has 0 aromatic carbocycles. The van der Waals surface area contributed by atoms with Crippen molar-refractivity contribution in [3.8, 4) is 0 Å². The van der Waals surface area contributed by atoms with E-state index in [1.165, 1.54) is 25.8 Å². The Labute approximate surface area is 103 Å². The zero-order valence-electron chi connectivity index (χ0n) is 10.8. The number of rotatable bonds is 3. The Balaban J connectivity index is 2.02. The van der Waals surface area contributed by atoms with Gasteiger partial charge in [0.25, 0.3) is 0 Å². The van der Waals surface area contributed by atoms with Crippen LogP contribution in [0.1, 0.15) is 38.8 Å². The van der Waals surface area contributed by atoms with Crippen LogP contribution in [0, 0.1) is 0 Å². The molecule has 1 aromatic heterocycles. The molecule has 0 saturated carbocycles. The maximum absolute atomic E-state index is 5.55. The van der Waals surface area contributed by atoms with Gasteiger partial charge in [-0.05, 0) is 45.4 Å². The molecule has 1 aliphatic heterocycles. The van der Waals surface area contributed by atoms with Crippen molar-refractivity contribution in [3.05, 3.63) is 17.8 Å². The molecule has 1 atom stereocenters. The number of anilines is 1. The highest BCUT2D eigenvalue weighted by atomic mass is 15.2. The third-order valence-corrected chi connectivity index (χ3v) is 3.52. The number of aromatic nitrogens is 2. The first-order chi connectivity index (χ1) is 8.16. The molecule has 0 radical (unpaired) electrons. The Morgan fingerprint density at radius 1 is 1.35 bits per heavy atom. The third-order valence-electron chi connectivity index (χ3n) is 3.52. The van der Waals surface area contributed by atoms with Crippen LogP contribution in [0.2, 0.25) is 0 Å². The number of nitrogen functional groups attached to an aromatic ring is 1. The van der Waals surface area contributed by atoms with Gasteiger partial charge in [0.1, 0.15) is 5.82 Å². The van der Waals surface area contributed by atoms with E-state index >= 15 is 0 Å². The zero-order valence-corrected chi connectivity index (χ0v) is 10.8. The van der Waals surface area contributed by atoms with Crippen molar-refractivity contribution in [2.24, 2.45) is 0 Å². The highest BCUT2D eigenvalue weighted by molar-refractivity contribution is 5.25. The average Bonchev–Trinajstić information content (AvgIpc) is 2.32. The summed E-state index contributed by atoms with van der Waals surface area (Å²) in [6, 6.07) is 5.06. The molecule has 1 fully saturated rings. The molecule has 1 aromatic rings. The van der Waals surface area contributed by atoms with Gasteiger partial charge in [0.05, 0.1) is 5.69 Å². The molecule has 4 heteroatoms. The summed E-state index contributed by atoms with van der Waals surface area (Å²) >= 11 is 0. The van der Waals surface area contributed by atoms with Gasteiger partial charge >= 0.3 is 0 Å². The second-order valence-corrected chi connectivity index (χ2v) is 5.13. The summed E-state index contributed by atoms with van der Waals surface area (Å²) in [5, 5.41) is 8.09.